The van der Waals surface area contributed by atoms with Gasteiger partial charge in [-0.1, -0.05) is 58.8 Å². The first-order valence-electron chi connectivity index (χ1n) is 8.20. The second kappa shape index (κ2) is 7.39. The number of allylic oxidation sites excluding steroid dienone is 1. The van der Waals surface area contributed by atoms with Crippen molar-refractivity contribution in [2.24, 2.45) is 4.99 Å². The summed E-state index contributed by atoms with van der Waals surface area (Å²) < 4.78 is 7.78. The average Bonchev–Trinajstić information content (AvgIpc) is 3.02. The van der Waals surface area contributed by atoms with Gasteiger partial charge in [-0.25, -0.2) is 4.79 Å². The lowest BCUT2D eigenvalue weighted by Gasteiger charge is -2.04. The maximum absolute atomic E-state index is 12.7. The normalized spacial score (nSPS) is 12.0. The van der Waals surface area contributed by atoms with E-state index in [1.54, 1.807) is 41.0 Å². The van der Waals surface area contributed by atoms with Crippen molar-refractivity contribution < 1.29 is 9.21 Å². The Hall–Kier alpha value is -2.67. The van der Waals surface area contributed by atoms with Crippen molar-refractivity contribution in [3.8, 4) is 0 Å². The number of hydrogen-bond donors (Lipinski definition) is 0. The van der Waals surface area contributed by atoms with Crippen LogP contribution >= 0.6 is 34.5 Å². The number of carbonyl (C=O) groups excluding carboxylic acids is 1. The van der Waals surface area contributed by atoms with Crippen LogP contribution in [0.5, 0.6) is 0 Å². The minimum absolute atomic E-state index is 0.134. The molecule has 0 unspecified atom stereocenters. The summed E-state index contributed by atoms with van der Waals surface area (Å²) in [6.07, 6.45) is 1.66. The van der Waals surface area contributed by atoms with E-state index < -0.39 is 11.5 Å². The fourth-order valence-electron chi connectivity index (χ4n) is 2.84. The summed E-state index contributed by atoms with van der Waals surface area (Å²) in [5.41, 5.74) is 0.209. The Morgan fingerprint density at radius 2 is 2.04 bits per heavy atom. The fraction of sp³-hybridized carbons (Fsp3) is 0.0500. The molecule has 0 radical (unpaired) electrons. The summed E-state index contributed by atoms with van der Waals surface area (Å²) in [7, 11) is 0. The first-order valence-corrected chi connectivity index (χ1v) is 9.77. The lowest BCUT2D eigenvalue weighted by Crippen LogP contribution is -2.19. The average molecular weight is 431 g/mol. The first kappa shape index (κ1) is 18.7. The number of amides is 1. The maximum Gasteiger partial charge on any atom is 0.349 e. The van der Waals surface area contributed by atoms with Gasteiger partial charge in [-0.3, -0.25) is 4.79 Å². The van der Waals surface area contributed by atoms with E-state index in [-0.39, 0.29) is 5.56 Å². The number of thiazole rings is 1. The van der Waals surface area contributed by atoms with Crippen molar-refractivity contribution in [3.05, 3.63) is 85.9 Å². The van der Waals surface area contributed by atoms with E-state index in [2.05, 4.69) is 11.6 Å². The van der Waals surface area contributed by atoms with Crippen LogP contribution in [0.25, 0.3) is 21.2 Å². The maximum atomic E-state index is 12.7. The van der Waals surface area contributed by atoms with Gasteiger partial charge in [0, 0.05) is 11.9 Å². The first-order chi connectivity index (χ1) is 13.5. The Kier molecular flexibility index (Phi) is 4.93. The zero-order valence-electron chi connectivity index (χ0n) is 14.3. The van der Waals surface area contributed by atoms with Crippen LogP contribution in [0.1, 0.15) is 10.4 Å². The molecule has 5 nitrogen and oxygen atoms in total. The molecule has 0 aliphatic carbocycles. The van der Waals surface area contributed by atoms with Crippen LogP contribution in [0.3, 0.4) is 0 Å². The predicted molar refractivity (Wildman–Crippen MR) is 112 cm³/mol. The van der Waals surface area contributed by atoms with E-state index in [1.807, 2.05) is 6.07 Å². The third-order valence-electron chi connectivity index (χ3n) is 4.11. The van der Waals surface area contributed by atoms with Gasteiger partial charge in [-0.15, -0.1) is 6.58 Å². The molecule has 2 heterocycles. The van der Waals surface area contributed by atoms with E-state index in [0.29, 0.717) is 37.9 Å². The smallest absolute Gasteiger partial charge is 0.349 e. The third kappa shape index (κ3) is 3.20. The number of aromatic nitrogens is 1. The van der Waals surface area contributed by atoms with Crippen molar-refractivity contribution >= 4 is 61.6 Å². The Balaban J connectivity index is 1.93. The van der Waals surface area contributed by atoms with Crippen LogP contribution in [0.15, 0.2) is 69.3 Å². The molecule has 0 aliphatic rings. The van der Waals surface area contributed by atoms with E-state index >= 15 is 0 Å². The Bertz CT molecular complexity index is 1380. The van der Waals surface area contributed by atoms with Gasteiger partial charge in [0.2, 0.25) is 0 Å². The predicted octanol–water partition coefficient (Wildman–Crippen LogP) is 5.04. The van der Waals surface area contributed by atoms with Gasteiger partial charge in [0.1, 0.15) is 11.1 Å². The minimum Gasteiger partial charge on any atom is -0.422 e. The molecular formula is C20H12Cl2N2O3S. The van der Waals surface area contributed by atoms with E-state index in [0.717, 1.165) is 4.70 Å². The number of halogens is 2. The summed E-state index contributed by atoms with van der Waals surface area (Å²) in [6, 6.07) is 11.9. The molecule has 0 saturated carbocycles. The largest absolute Gasteiger partial charge is 0.422 e. The molecule has 2 aromatic carbocycles. The molecule has 140 valence electrons. The molecule has 0 spiro atoms. The summed E-state index contributed by atoms with van der Waals surface area (Å²) in [4.78, 5) is 29.5. The van der Waals surface area contributed by atoms with Crippen LogP contribution in [-0.4, -0.2) is 10.5 Å². The highest BCUT2D eigenvalue weighted by Gasteiger charge is 2.16. The molecule has 0 aliphatic heterocycles. The molecular weight excluding hydrogens is 419 g/mol. The van der Waals surface area contributed by atoms with Gasteiger partial charge in [0.25, 0.3) is 5.91 Å². The number of hydrogen-bond acceptors (Lipinski definition) is 4. The number of fused-ring (bicyclic) bond motifs is 2. The third-order valence-corrected chi connectivity index (χ3v) is 5.95. The summed E-state index contributed by atoms with van der Waals surface area (Å²) >= 11 is 13.8. The number of rotatable bonds is 3. The van der Waals surface area contributed by atoms with Gasteiger partial charge in [-0.05, 0) is 24.3 Å². The van der Waals surface area contributed by atoms with Crippen LogP contribution < -0.4 is 10.4 Å². The number of para-hydroxylation sites is 1. The second-order valence-electron chi connectivity index (χ2n) is 5.89. The van der Waals surface area contributed by atoms with Gasteiger partial charge < -0.3 is 8.98 Å². The van der Waals surface area contributed by atoms with Crippen molar-refractivity contribution in [2.45, 2.75) is 6.54 Å². The van der Waals surface area contributed by atoms with Crippen molar-refractivity contribution in [2.75, 3.05) is 0 Å². The van der Waals surface area contributed by atoms with E-state index in [1.165, 1.54) is 17.4 Å². The fourth-order valence-corrected chi connectivity index (χ4v) is 4.37. The zero-order chi connectivity index (χ0) is 19.8. The molecule has 28 heavy (non-hydrogen) atoms. The van der Waals surface area contributed by atoms with E-state index in [4.69, 9.17) is 27.6 Å². The van der Waals surface area contributed by atoms with Gasteiger partial charge in [-0.2, -0.15) is 4.99 Å². The Morgan fingerprint density at radius 1 is 1.25 bits per heavy atom. The standard InChI is InChI=1S/C20H12Cl2N2O3S/c1-2-9-24-17-15(8-7-13(21)16(17)22)28-20(24)23-18(25)12-10-11-5-3-4-6-14(11)27-19(12)26/h2-8,10H,1,9H2. The van der Waals surface area contributed by atoms with Crippen LogP contribution in [-0.2, 0) is 6.54 Å². The number of benzene rings is 2. The van der Waals surface area contributed by atoms with Gasteiger partial charge in [0.15, 0.2) is 4.80 Å². The molecule has 4 rings (SSSR count). The van der Waals surface area contributed by atoms with Crippen LogP contribution in [0.4, 0.5) is 0 Å². The quantitative estimate of drug-likeness (QED) is 0.337. The SMILES string of the molecule is C=CCn1c(=NC(=O)c2cc3ccccc3oc2=O)sc2ccc(Cl)c(Cl)c21. The molecule has 0 N–H and O–H groups in total. The highest BCUT2D eigenvalue weighted by molar-refractivity contribution is 7.16. The highest BCUT2D eigenvalue weighted by Crippen LogP contribution is 2.32. The lowest BCUT2D eigenvalue weighted by atomic mass is 10.2. The lowest BCUT2D eigenvalue weighted by molar-refractivity contribution is 0.0994. The van der Waals surface area contributed by atoms with E-state index in [9.17, 15) is 9.59 Å². The van der Waals surface area contributed by atoms with Crippen LogP contribution in [0.2, 0.25) is 10.0 Å². The van der Waals surface area contributed by atoms with Gasteiger partial charge >= 0.3 is 5.63 Å². The minimum atomic E-state index is -0.732. The molecule has 0 atom stereocenters. The zero-order valence-corrected chi connectivity index (χ0v) is 16.6. The highest BCUT2D eigenvalue weighted by atomic mass is 35.5. The number of carbonyl (C=O) groups is 1. The molecule has 4 aromatic rings. The van der Waals surface area contributed by atoms with Crippen molar-refractivity contribution in [1.29, 1.82) is 0 Å². The van der Waals surface area contributed by atoms with Crippen LogP contribution in [0, 0.1) is 0 Å². The number of nitrogens with zero attached hydrogens (tertiary/aromatic N) is 2. The summed E-state index contributed by atoms with van der Waals surface area (Å²) in [5.74, 6) is -0.689. The Morgan fingerprint density at radius 3 is 2.82 bits per heavy atom. The topological polar surface area (TPSA) is 64.6 Å². The summed E-state index contributed by atoms with van der Waals surface area (Å²) in [5, 5.41) is 1.42. The Labute approximate surface area is 172 Å². The molecule has 1 amide bonds. The second-order valence-corrected chi connectivity index (χ2v) is 7.69. The molecule has 0 saturated heterocycles. The molecule has 0 bridgehead atoms. The van der Waals surface area contributed by atoms with Gasteiger partial charge in [0.05, 0.1) is 20.3 Å². The van der Waals surface area contributed by atoms with Crippen molar-refractivity contribution in [3.63, 3.8) is 0 Å². The van der Waals surface area contributed by atoms with Crippen molar-refractivity contribution in [1.82, 2.24) is 4.57 Å². The summed E-state index contributed by atoms with van der Waals surface area (Å²) in [6.45, 7) is 4.11. The molecule has 8 heteroatoms. The molecule has 2 aromatic heterocycles. The monoisotopic (exact) mass is 430 g/mol. The molecule has 0 fully saturated rings.